The van der Waals surface area contributed by atoms with E-state index in [-0.39, 0.29) is 30.7 Å². The smallest absolute Gasteiger partial charge is 0.255 e. The summed E-state index contributed by atoms with van der Waals surface area (Å²) in [7, 11) is 0. The van der Waals surface area contributed by atoms with Crippen LogP contribution in [0.5, 0.6) is 0 Å². The first-order valence-corrected chi connectivity index (χ1v) is 9.63. The fourth-order valence-electron chi connectivity index (χ4n) is 3.10. The monoisotopic (exact) mass is 399 g/mol. The molecular formula is C21H25N3O5. The van der Waals surface area contributed by atoms with Gasteiger partial charge in [-0.15, -0.1) is 0 Å². The van der Waals surface area contributed by atoms with Crippen LogP contribution in [0.4, 0.5) is 0 Å². The molecule has 1 aromatic heterocycles. The first-order valence-electron chi connectivity index (χ1n) is 9.63. The zero-order valence-corrected chi connectivity index (χ0v) is 16.1. The molecule has 2 heterocycles. The predicted octanol–water partition coefficient (Wildman–Crippen LogP) is 0.986. The van der Waals surface area contributed by atoms with E-state index < -0.39 is 6.04 Å². The molecule has 0 aliphatic carbocycles. The lowest BCUT2D eigenvalue weighted by atomic mass is 10.0. The van der Waals surface area contributed by atoms with Crippen LogP contribution in [-0.4, -0.2) is 61.5 Å². The van der Waals surface area contributed by atoms with Crippen LogP contribution >= 0.6 is 0 Å². The van der Waals surface area contributed by atoms with Gasteiger partial charge in [-0.25, -0.2) is 0 Å². The summed E-state index contributed by atoms with van der Waals surface area (Å²) in [5, 5.41) is 5.56. The van der Waals surface area contributed by atoms with Crippen LogP contribution in [0.2, 0.25) is 0 Å². The molecule has 3 rings (SSSR count). The summed E-state index contributed by atoms with van der Waals surface area (Å²) < 4.78 is 10.4. The van der Waals surface area contributed by atoms with Crippen LogP contribution in [0, 0.1) is 0 Å². The van der Waals surface area contributed by atoms with Gasteiger partial charge in [-0.1, -0.05) is 30.3 Å². The Bertz CT molecular complexity index is 807. The zero-order chi connectivity index (χ0) is 20.5. The van der Waals surface area contributed by atoms with Gasteiger partial charge in [0.1, 0.15) is 12.3 Å². The van der Waals surface area contributed by atoms with E-state index in [9.17, 15) is 14.4 Å². The maximum Gasteiger partial charge on any atom is 0.255 e. The van der Waals surface area contributed by atoms with Crippen LogP contribution in [0.25, 0.3) is 0 Å². The Morgan fingerprint density at radius 3 is 2.72 bits per heavy atom. The number of nitrogens with one attached hydrogen (secondary N) is 2. The van der Waals surface area contributed by atoms with E-state index in [0.29, 0.717) is 38.3 Å². The molecule has 2 N–H and O–H groups in total. The summed E-state index contributed by atoms with van der Waals surface area (Å²) in [4.78, 5) is 39.3. The van der Waals surface area contributed by atoms with Crippen molar-refractivity contribution in [2.24, 2.45) is 0 Å². The quantitative estimate of drug-likeness (QED) is 0.781. The minimum absolute atomic E-state index is 0.129. The second-order valence-corrected chi connectivity index (χ2v) is 6.77. The summed E-state index contributed by atoms with van der Waals surface area (Å²) in [5.41, 5.74) is 1.27. The summed E-state index contributed by atoms with van der Waals surface area (Å²) in [5.74, 6) is -0.763. The number of furan rings is 1. The first-order chi connectivity index (χ1) is 14.1. The van der Waals surface area contributed by atoms with Gasteiger partial charge in [0, 0.05) is 32.5 Å². The van der Waals surface area contributed by atoms with Crippen molar-refractivity contribution < 1.29 is 23.5 Å². The van der Waals surface area contributed by atoms with Crippen LogP contribution in [0.1, 0.15) is 22.3 Å². The van der Waals surface area contributed by atoms with Crippen molar-refractivity contribution in [2.45, 2.75) is 18.9 Å². The maximum absolute atomic E-state index is 13.3. The van der Waals surface area contributed by atoms with E-state index in [1.165, 1.54) is 12.5 Å². The second-order valence-electron chi connectivity index (χ2n) is 6.77. The molecule has 1 fully saturated rings. The molecule has 1 aliphatic rings. The molecule has 8 heteroatoms. The van der Waals surface area contributed by atoms with E-state index in [2.05, 4.69) is 10.6 Å². The number of amides is 3. The van der Waals surface area contributed by atoms with Gasteiger partial charge in [0.25, 0.3) is 5.91 Å². The topological polar surface area (TPSA) is 101 Å². The normalized spacial score (nSPS) is 16.6. The average Bonchev–Trinajstić information content (AvgIpc) is 3.28. The molecule has 1 aromatic carbocycles. The van der Waals surface area contributed by atoms with Gasteiger partial charge < -0.3 is 24.7 Å². The van der Waals surface area contributed by atoms with Crippen molar-refractivity contribution in [3.63, 3.8) is 0 Å². The third-order valence-electron chi connectivity index (χ3n) is 4.66. The fourth-order valence-corrected chi connectivity index (χ4v) is 3.10. The SMILES string of the molecule is O=C1CCN(C(=O)[C@@H](Cc2ccccc2)NC(=O)c2ccoc2)CCOCCN1. The Kier molecular flexibility index (Phi) is 7.40. The second kappa shape index (κ2) is 10.4. The fraction of sp³-hybridized carbons (Fsp3) is 0.381. The molecule has 1 atom stereocenters. The van der Waals surface area contributed by atoms with Crippen molar-refractivity contribution in [3.8, 4) is 0 Å². The summed E-state index contributed by atoms with van der Waals surface area (Å²) in [6.45, 7) is 1.86. The number of ether oxygens (including phenoxy) is 1. The highest BCUT2D eigenvalue weighted by Crippen LogP contribution is 2.09. The molecule has 1 saturated heterocycles. The molecular weight excluding hydrogens is 374 g/mol. The van der Waals surface area contributed by atoms with Crippen LogP contribution in [-0.2, 0) is 20.7 Å². The van der Waals surface area contributed by atoms with Gasteiger partial charge in [-0.05, 0) is 11.6 Å². The average molecular weight is 399 g/mol. The number of benzene rings is 1. The van der Waals surface area contributed by atoms with Gasteiger partial charge in [0.15, 0.2) is 0 Å². The van der Waals surface area contributed by atoms with Crippen LogP contribution in [0.15, 0.2) is 53.3 Å². The largest absolute Gasteiger partial charge is 0.472 e. The lowest BCUT2D eigenvalue weighted by molar-refractivity contribution is -0.135. The molecule has 29 heavy (non-hydrogen) atoms. The molecule has 0 saturated carbocycles. The summed E-state index contributed by atoms with van der Waals surface area (Å²) in [6.07, 6.45) is 3.29. The Hall–Kier alpha value is -3.13. The van der Waals surface area contributed by atoms with Gasteiger partial charge in [0.2, 0.25) is 11.8 Å². The first kappa shape index (κ1) is 20.6. The van der Waals surface area contributed by atoms with Crippen molar-refractivity contribution in [1.29, 1.82) is 0 Å². The van der Waals surface area contributed by atoms with E-state index in [0.717, 1.165) is 5.56 Å². The minimum atomic E-state index is -0.772. The van der Waals surface area contributed by atoms with Crippen molar-refractivity contribution in [2.75, 3.05) is 32.8 Å². The van der Waals surface area contributed by atoms with Crippen LogP contribution in [0.3, 0.4) is 0 Å². The lowest BCUT2D eigenvalue weighted by Crippen LogP contribution is -2.51. The maximum atomic E-state index is 13.3. The molecule has 3 amide bonds. The highest BCUT2D eigenvalue weighted by atomic mass is 16.5. The van der Waals surface area contributed by atoms with E-state index in [1.807, 2.05) is 30.3 Å². The Morgan fingerprint density at radius 2 is 1.97 bits per heavy atom. The van der Waals surface area contributed by atoms with E-state index in [1.54, 1.807) is 11.0 Å². The van der Waals surface area contributed by atoms with Crippen LogP contribution < -0.4 is 10.6 Å². The zero-order valence-electron chi connectivity index (χ0n) is 16.1. The molecule has 0 radical (unpaired) electrons. The van der Waals surface area contributed by atoms with Gasteiger partial charge in [-0.2, -0.15) is 0 Å². The minimum Gasteiger partial charge on any atom is -0.472 e. The highest BCUT2D eigenvalue weighted by molar-refractivity contribution is 5.97. The standard InChI is InChI=1S/C21H25N3O5/c25-19-6-9-24(10-13-28-12-8-22-19)21(27)18(14-16-4-2-1-3-5-16)23-20(26)17-7-11-29-15-17/h1-5,7,11,15,18H,6,8-10,12-14H2,(H,22,25)(H,23,26)/t18-/m1/s1. The number of nitrogens with zero attached hydrogens (tertiary/aromatic N) is 1. The highest BCUT2D eigenvalue weighted by Gasteiger charge is 2.27. The Labute approximate surface area is 169 Å². The van der Waals surface area contributed by atoms with Gasteiger partial charge in [-0.3, -0.25) is 14.4 Å². The van der Waals surface area contributed by atoms with E-state index in [4.69, 9.17) is 9.15 Å². The third kappa shape index (κ3) is 6.18. The van der Waals surface area contributed by atoms with E-state index >= 15 is 0 Å². The molecule has 0 spiro atoms. The molecule has 154 valence electrons. The van der Waals surface area contributed by atoms with Gasteiger partial charge >= 0.3 is 0 Å². The number of carbonyl (C=O) groups excluding carboxylic acids is 3. The van der Waals surface area contributed by atoms with Crippen molar-refractivity contribution in [1.82, 2.24) is 15.5 Å². The number of carbonyl (C=O) groups is 3. The number of hydrogen-bond acceptors (Lipinski definition) is 5. The third-order valence-corrected chi connectivity index (χ3v) is 4.66. The van der Waals surface area contributed by atoms with Crippen molar-refractivity contribution in [3.05, 3.63) is 60.1 Å². The molecule has 0 unspecified atom stereocenters. The lowest BCUT2D eigenvalue weighted by Gasteiger charge is -2.28. The summed E-state index contributed by atoms with van der Waals surface area (Å²) in [6, 6.07) is 10.2. The summed E-state index contributed by atoms with van der Waals surface area (Å²) >= 11 is 0. The predicted molar refractivity (Wildman–Crippen MR) is 105 cm³/mol. The van der Waals surface area contributed by atoms with Crippen molar-refractivity contribution >= 4 is 17.7 Å². The number of hydrogen-bond donors (Lipinski definition) is 2. The Morgan fingerprint density at radius 1 is 1.14 bits per heavy atom. The molecule has 0 bridgehead atoms. The Balaban J connectivity index is 1.75. The van der Waals surface area contributed by atoms with Gasteiger partial charge in [0.05, 0.1) is 25.0 Å². The molecule has 2 aromatic rings. The number of rotatable bonds is 5. The molecule has 1 aliphatic heterocycles. The molecule has 8 nitrogen and oxygen atoms in total.